The van der Waals surface area contributed by atoms with E-state index in [4.69, 9.17) is 4.74 Å². The zero-order valence-electron chi connectivity index (χ0n) is 14.0. The van der Waals surface area contributed by atoms with Gasteiger partial charge in [-0.1, -0.05) is 12.1 Å². The predicted octanol–water partition coefficient (Wildman–Crippen LogP) is 2.31. The van der Waals surface area contributed by atoms with E-state index >= 15 is 0 Å². The number of carbonyl (C=O) groups is 4. The fraction of sp³-hybridized carbons (Fsp3) is 0.412. The third kappa shape index (κ3) is 7.04. The molecule has 0 saturated carbocycles. The molecule has 0 radical (unpaired) electrons. The minimum atomic E-state index is -0.701. The van der Waals surface area contributed by atoms with E-state index in [2.05, 4.69) is 10.6 Å². The molecule has 130 valence electrons. The van der Waals surface area contributed by atoms with E-state index in [-0.39, 0.29) is 25.2 Å². The van der Waals surface area contributed by atoms with Crippen molar-refractivity contribution in [2.45, 2.75) is 39.2 Å². The number of hydrogen-bond donors (Lipinski definition) is 2. The van der Waals surface area contributed by atoms with Gasteiger partial charge in [0.2, 0.25) is 5.91 Å². The van der Waals surface area contributed by atoms with Crippen LogP contribution in [0.2, 0.25) is 0 Å². The number of anilines is 1. The Hall–Kier alpha value is -2.70. The Labute approximate surface area is 140 Å². The Balaban J connectivity index is 2.63. The minimum absolute atomic E-state index is 0.0759. The molecule has 7 heteroatoms. The summed E-state index contributed by atoms with van der Waals surface area (Å²) >= 11 is 0. The largest absolute Gasteiger partial charge is 0.444 e. The van der Waals surface area contributed by atoms with Crippen LogP contribution in [0.5, 0.6) is 0 Å². The second-order valence-corrected chi connectivity index (χ2v) is 6.08. The van der Waals surface area contributed by atoms with Gasteiger partial charge in [0.1, 0.15) is 18.4 Å². The average molecular weight is 334 g/mol. The highest BCUT2D eigenvalue weighted by Crippen LogP contribution is 2.17. The van der Waals surface area contributed by atoms with Crippen LogP contribution in [0.15, 0.2) is 24.3 Å². The van der Waals surface area contributed by atoms with Crippen LogP contribution in [-0.2, 0) is 14.3 Å². The topological polar surface area (TPSA) is 102 Å². The number of amides is 2. The van der Waals surface area contributed by atoms with E-state index in [1.54, 1.807) is 45.0 Å². The quantitative estimate of drug-likeness (QED) is 0.588. The summed E-state index contributed by atoms with van der Waals surface area (Å²) in [6.07, 6.45) is 0.172. The zero-order valence-corrected chi connectivity index (χ0v) is 14.0. The number of rotatable bonds is 7. The molecule has 0 heterocycles. The van der Waals surface area contributed by atoms with Gasteiger partial charge in [0, 0.05) is 18.4 Å². The van der Waals surface area contributed by atoms with Crippen molar-refractivity contribution >= 4 is 29.8 Å². The molecule has 0 aliphatic carbocycles. The lowest BCUT2D eigenvalue weighted by Gasteiger charge is -2.19. The van der Waals surface area contributed by atoms with Crippen molar-refractivity contribution in [3.05, 3.63) is 29.8 Å². The van der Waals surface area contributed by atoms with E-state index in [1.807, 2.05) is 0 Å². The van der Waals surface area contributed by atoms with Crippen LogP contribution >= 0.6 is 0 Å². The van der Waals surface area contributed by atoms with Gasteiger partial charge in [-0.2, -0.15) is 0 Å². The summed E-state index contributed by atoms with van der Waals surface area (Å²) in [4.78, 5) is 45.8. The molecule has 0 aliphatic rings. The summed E-state index contributed by atoms with van der Waals surface area (Å²) in [5.74, 6) is -0.727. The number of ketones is 1. The molecule has 2 N–H and O–H groups in total. The van der Waals surface area contributed by atoms with Gasteiger partial charge in [-0.15, -0.1) is 0 Å². The van der Waals surface area contributed by atoms with Crippen LogP contribution in [0.4, 0.5) is 10.5 Å². The Bertz CT molecular complexity index is 620. The van der Waals surface area contributed by atoms with Gasteiger partial charge in [-0.05, 0) is 32.9 Å². The number of aldehydes is 1. The molecule has 24 heavy (non-hydrogen) atoms. The summed E-state index contributed by atoms with van der Waals surface area (Å²) in [6.45, 7) is 4.86. The van der Waals surface area contributed by atoms with Crippen LogP contribution in [-0.4, -0.2) is 36.2 Å². The van der Waals surface area contributed by atoms with E-state index in [0.29, 0.717) is 17.5 Å². The van der Waals surface area contributed by atoms with E-state index in [0.717, 1.165) is 0 Å². The molecular weight excluding hydrogens is 312 g/mol. The van der Waals surface area contributed by atoms with Crippen molar-refractivity contribution in [2.75, 3.05) is 11.9 Å². The first-order valence-electron chi connectivity index (χ1n) is 7.55. The van der Waals surface area contributed by atoms with Crippen molar-refractivity contribution in [1.29, 1.82) is 0 Å². The zero-order chi connectivity index (χ0) is 18.2. The maximum atomic E-state index is 12.0. The third-order valence-electron chi connectivity index (χ3n) is 2.78. The lowest BCUT2D eigenvalue weighted by Crippen LogP contribution is -2.37. The number of nitrogens with one attached hydrogen (secondary N) is 2. The number of ether oxygens (including phenoxy) is 1. The molecule has 1 aromatic rings. The number of hydrogen-bond acceptors (Lipinski definition) is 5. The SMILES string of the molecule is CC(C)(C)OC(=O)NCC(=O)Nc1ccccc1C(=O)CCC=O. The van der Waals surface area contributed by atoms with Crippen molar-refractivity contribution in [1.82, 2.24) is 5.32 Å². The molecule has 0 spiro atoms. The molecule has 0 atom stereocenters. The summed E-state index contributed by atoms with van der Waals surface area (Å²) in [5, 5.41) is 4.91. The summed E-state index contributed by atoms with van der Waals surface area (Å²) < 4.78 is 5.03. The maximum Gasteiger partial charge on any atom is 0.408 e. The van der Waals surface area contributed by atoms with Crippen molar-refractivity contribution in [2.24, 2.45) is 0 Å². The van der Waals surface area contributed by atoms with Crippen LogP contribution < -0.4 is 10.6 Å². The molecule has 0 bridgehead atoms. The van der Waals surface area contributed by atoms with Crippen molar-refractivity contribution < 1.29 is 23.9 Å². The highest BCUT2D eigenvalue weighted by Gasteiger charge is 2.17. The first-order valence-corrected chi connectivity index (χ1v) is 7.55. The van der Waals surface area contributed by atoms with Crippen LogP contribution in [0.1, 0.15) is 44.0 Å². The molecule has 2 amide bonds. The molecule has 0 fully saturated rings. The first-order chi connectivity index (χ1) is 11.2. The molecule has 1 aromatic carbocycles. The molecular formula is C17H22N2O5. The van der Waals surface area contributed by atoms with Gasteiger partial charge in [-0.3, -0.25) is 9.59 Å². The third-order valence-corrected chi connectivity index (χ3v) is 2.78. The van der Waals surface area contributed by atoms with Gasteiger partial charge in [0.15, 0.2) is 5.78 Å². The van der Waals surface area contributed by atoms with Gasteiger partial charge in [0.25, 0.3) is 0 Å². The normalized spacial score (nSPS) is 10.6. The lowest BCUT2D eigenvalue weighted by atomic mass is 10.0. The van der Waals surface area contributed by atoms with Crippen LogP contribution in [0.3, 0.4) is 0 Å². The fourth-order valence-corrected chi connectivity index (χ4v) is 1.82. The monoisotopic (exact) mass is 334 g/mol. The second kappa shape index (κ2) is 8.81. The van der Waals surface area contributed by atoms with E-state index < -0.39 is 17.6 Å². The Morgan fingerprint density at radius 2 is 1.83 bits per heavy atom. The van der Waals surface area contributed by atoms with Gasteiger partial charge < -0.3 is 20.2 Å². The lowest BCUT2D eigenvalue weighted by molar-refractivity contribution is -0.115. The minimum Gasteiger partial charge on any atom is -0.444 e. The van der Waals surface area contributed by atoms with Gasteiger partial charge in [0.05, 0.1) is 5.69 Å². The Morgan fingerprint density at radius 3 is 2.46 bits per heavy atom. The Morgan fingerprint density at radius 1 is 1.17 bits per heavy atom. The summed E-state index contributed by atoms with van der Waals surface area (Å²) in [7, 11) is 0. The second-order valence-electron chi connectivity index (χ2n) is 6.08. The molecule has 1 rings (SSSR count). The number of Topliss-reactive ketones (excluding diaryl/α,β-unsaturated/α-hetero) is 1. The summed E-state index contributed by atoms with van der Waals surface area (Å²) in [5.41, 5.74) is 0.00684. The molecule has 7 nitrogen and oxygen atoms in total. The smallest absolute Gasteiger partial charge is 0.408 e. The van der Waals surface area contributed by atoms with Crippen LogP contribution in [0.25, 0.3) is 0 Å². The average Bonchev–Trinajstić information content (AvgIpc) is 2.49. The van der Waals surface area contributed by atoms with Crippen molar-refractivity contribution in [3.63, 3.8) is 0 Å². The molecule has 0 unspecified atom stereocenters. The van der Waals surface area contributed by atoms with Gasteiger partial charge >= 0.3 is 6.09 Å². The molecule has 0 aliphatic heterocycles. The van der Waals surface area contributed by atoms with Crippen molar-refractivity contribution in [3.8, 4) is 0 Å². The molecule has 0 aromatic heterocycles. The predicted molar refractivity (Wildman–Crippen MR) is 88.9 cm³/mol. The maximum absolute atomic E-state index is 12.0. The first kappa shape index (κ1) is 19.3. The number of benzene rings is 1. The Kier molecular flexibility index (Phi) is 7.10. The number of alkyl carbamates (subject to hydrolysis) is 1. The van der Waals surface area contributed by atoms with E-state index in [1.165, 1.54) is 0 Å². The number of para-hydroxylation sites is 1. The van der Waals surface area contributed by atoms with E-state index in [9.17, 15) is 19.2 Å². The fourth-order valence-electron chi connectivity index (χ4n) is 1.82. The standard InChI is InChI=1S/C17H22N2O5/c1-17(2,3)24-16(23)18-11-15(22)19-13-8-5-4-7-12(13)14(21)9-6-10-20/h4-5,7-8,10H,6,9,11H2,1-3H3,(H,18,23)(H,19,22). The van der Waals surface area contributed by atoms with Crippen LogP contribution in [0, 0.1) is 0 Å². The number of carbonyl (C=O) groups excluding carboxylic acids is 4. The summed E-state index contributed by atoms with van der Waals surface area (Å²) in [6, 6.07) is 6.50. The molecule has 0 saturated heterocycles. The highest BCUT2D eigenvalue weighted by atomic mass is 16.6. The highest BCUT2D eigenvalue weighted by molar-refractivity contribution is 6.05. The van der Waals surface area contributed by atoms with Gasteiger partial charge in [-0.25, -0.2) is 4.79 Å².